The van der Waals surface area contributed by atoms with E-state index in [-0.39, 0.29) is 0 Å². The van der Waals surface area contributed by atoms with E-state index in [4.69, 9.17) is 4.74 Å². The van der Waals surface area contributed by atoms with Crippen molar-refractivity contribution in [3.05, 3.63) is 71.3 Å². The third-order valence-corrected chi connectivity index (χ3v) is 3.50. The number of hydrogen-bond acceptors (Lipinski definition) is 2. The molecule has 3 nitrogen and oxygen atoms in total. The van der Waals surface area contributed by atoms with Gasteiger partial charge in [0.25, 0.3) is 0 Å². The maximum Gasteiger partial charge on any atom is 0.336 e. The number of carboxylic acid groups (broad SMARTS) is 1. The van der Waals surface area contributed by atoms with E-state index in [1.165, 1.54) is 0 Å². The van der Waals surface area contributed by atoms with Crippen LogP contribution in [0, 0.1) is 0 Å². The van der Waals surface area contributed by atoms with Crippen LogP contribution in [0.3, 0.4) is 0 Å². The minimum Gasteiger partial charge on any atom is -0.497 e. The van der Waals surface area contributed by atoms with Gasteiger partial charge in [0.05, 0.1) is 12.7 Å². The number of aliphatic carboxylic acids is 1. The molecule has 0 radical (unpaired) electrons. The van der Waals surface area contributed by atoms with Crippen molar-refractivity contribution in [3.63, 3.8) is 0 Å². The van der Waals surface area contributed by atoms with Crippen LogP contribution in [-0.4, -0.2) is 18.2 Å². The molecular weight excluding hydrogens is 264 g/mol. The zero-order chi connectivity index (χ0) is 14.8. The van der Waals surface area contributed by atoms with Gasteiger partial charge in [-0.2, -0.15) is 0 Å². The van der Waals surface area contributed by atoms with E-state index in [9.17, 15) is 9.90 Å². The summed E-state index contributed by atoms with van der Waals surface area (Å²) >= 11 is 0. The summed E-state index contributed by atoms with van der Waals surface area (Å²) < 4.78 is 5.13. The molecule has 0 saturated heterocycles. The predicted molar refractivity (Wildman–Crippen MR) is 82.9 cm³/mol. The van der Waals surface area contributed by atoms with Gasteiger partial charge in [-0.05, 0) is 46.5 Å². The van der Waals surface area contributed by atoms with Crippen molar-refractivity contribution < 1.29 is 14.6 Å². The van der Waals surface area contributed by atoms with Crippen LogP contribution < -0.4 is 4.74 Å². The molecule has 2 aromatic rings. The Morgan fingerprint density at radius 2 is 1.71 bits per heavy atom. The smallest absolute Gasteiger partial charge is 0.336 e. The minimum atomic E-state index is -0.902. The highest BCUT2D eigenvalue weighted by molar-refractivity contribution is 6.23. The van der Waals surface area contributed by atoms with Crippen molar-refractivity contribution in [2.45, 2.75) is 0 Å². The van der Waals surface area contributed by atoms with Gasteiger partial charge >= 0.3 is 5.97 Å². The lowest BCUT2D eigenvalue weighted by Crippen LogP contribution is -1.97. The van der Waals surface area contributed by atoms with Gasteiger partial charge in [-0.1, -0.05) is 36.4 Å². The summed E-state index contributed by atoms with van der Waals surface area (Å²) in [5.41, 5.74) is 3.97. The van der Waals surface area contributed by atoms with Crippen LogP contribution >= 0.6 is 0 Å². The van der Waals surface area contributed by atoms with Gasteiger partial charge in [0.15, 0.2) is 0 Å². The second-order valence-electron chi connectivity index (χ2n) is 4.78. The van der Waals surface area contributed by atoms with Gasteiger partial charge in [0, 0.05) is 0 Å². The lowest BCUT2D eigenvalue weighted by Gasteiger charge is -2.03. The summed E-state index contributed by atoms with van der Waals surface area (Å²) in [6, 6.07) is 15.2. The van der Waals surface area contributed by atoms with Crippen LogP contribution in [0.25, 0.3) is 17.2 Å². The number of rotatable bonds is 3. The van der Waals surface area contributed by atoms with Crippen LogP contribution in [0.4, 0.5) is 0 Å². The Morgan fingerprint density at radius 1 is 1.05 bits per heavy atom. The predicted octanol–water partition coefficient (Wildman–Crippen LogP) is 3.72. The Balaban J connectivity index is 2.05. The Bertz CT molecular complexity index is 752. The second kappa shape index (κ2) is 5.29. The summed E-state index contributed by atoms with van der Waals surface area (Å²) in [5, 5.41) is 9.30. The third kappa shape index (κ3) is 2.46. The van der Waals surface area contributed by atoms with E-state index < -0.39 is 5.97 Å². The van der Waals surface area contributed by atoms with Crippen LogP contribution in [0.1, 0.15) is 16.7 Å². The molecule has 0 bridgehead atoms. The lowest BCUT2D eigenvalue weighted by molar-refractivity contribution is -0.130. The van der Waals surface area contributed by atoms with Crippen molar-refractivity contribution in [2.75, 3.05) is 7.11 Å². The highest BCUT2D eigenvalue weighted by Gasteiger charge is 2.22. The molecule has 0 unspecified atom stereocenters. The van der Waals surface area contributed by atoms with Crippen molar-refractivity contribution in [2.24, 2.45) is 0 Å². The molecule has 1 N–H and O–H groups in total. The number of benzene rings is 2. The van der Waals surface area contributed by atoms with E-state index in [1.807, 2.05) is 54.6 Å². The Hall–Kier alpha value is -2.81. The number of fused-ring (bicyclic) bond motifs is 1. The maximum absolute atomic E-state index is 11.3. The van der Waals surface area contributed by atoms with Gasteiger partial charge in [0.2, 0.25) is 0 Å². The second-order valence-corrected chi connectivity index (χ2v) is 4.78. The number of carboxylic acids is 1. The van der Waals surface area contributed by atoms with Crippen LogP contribution in [0.5, 0.6) is 5.75 Å². The quantitative estimate of drug-likeness (QED) is 0.930. The molecule has 0 spiro atoms. The summed E-state index contributed by atoms with van der Waals surface area (Å²) in [7, 11) is 1.63. The third-order valence-electron chi connectivity index (χ3n) is 3.50. The molecule has 1 aliphatic rings. The van der Waals surface area contributed by atoms with Gasteiger partial charge in [-0.25, -0.2) is 4.79 Å². The molecule has 2 aromatic carbocycles. The molecule has 0 fully saturated rings. The first kappa shape index (κ1) is 13.2. The molecule has 0 atom stereocenters. The molecule has 0 saturated carbocycles. The minimum absolute atomic E-state index is 0.338. The van der Waals surface area contributed by atoms with Crippen LogP contribution in [-0.2, 0) is 4.79 Å². The molecule has 3 rings (SSSR count). The largest absolute Gasteiger partial charge is 0.497 e. The fraction of sp³-hybridized carbons (Fsp3) is 0.0556. The van der Waals surface area contributed by atoms with Gasteiger partial charge in [0.1, 0.15) is 5.75 Å². The maximum atomic E-state index is 11.3. The van der Waals surface area contributed by atoms with E-state index in [0.29, 0.717) is 5.57 Å². The normalized spacial score (nSPS) is 14.7. The summed E-state index contributed by atoms with van der Waals surface area (Å²) in [4.78, 5) is 11.3. The average Bonchev–Trinajstić information content (AvgIpc) is 2.87. The van der Waals surface area contributed by atoms with Gasteiger partial charge in [-0.3, -0.25) is 0 Å². The van der Waals surface area contributed by atoms with Crippen LogP contribution in [0.2, 0.25) is 0 Å². The number of methoxy groups -OCH3 is 1. The van der Waals surface area contributed by atoms with E-state index in [0.717, 1.165) is 28.0 Å². The Morgan fingerprint density at radius 3 is 2.33 bits per heavy atom. The number of allylic oxidation sites excluding steroid dienone is 2. The Labute approximate surface area is 122 Å². The summed E-state index contributed by atoms with van der Waals surface area (Å²) in [5.74, 6) is -0.105. The van der Waals surface area contributed by atoms with Crippen molar-refractivity contribution >= 4 is 23.2 Å². The zero-order valence-corrected chi connectivity index (χ0v) is 11.5. The van der Waals surface area contributed by atoms with Crippen LogP contribution in [0.15, 0.2) is 54.6 Å². The number of hydrogen-bond donors (Lipinski definition) is 1. The molecule has 1 aliphatic carbocycles. The molecular formula is C18H14O3. The molecule has 21 heavy (non-hydrogen) atoms. The van der Waals surface area contributed by atoms with Crippen molar-refractivity contribution in [1.29, 1.82) is 0 Å². The standard InChI is InChI=1S/C18H14O3/c1-21-14-8-6-12(7-9-14)10-13-11-17(18(19)20)16-5-3-2-4-15(13)16/h2-11H,1H3,(H,19,20). The van der Waals surface area contributed by atoms with E-state index >= 15 is 0 Å². The van der Waals surface area contributed by atoms with E-state index in [1.54, 1.807) is 13.2 Å². The highest BCUT2D eigenvalue weighted by Crippen LogP contribution is 2.36. The molecule has 104 valence electrons. The lowest BCUT2D eigenvalue weighted by atomic mass is 10.0. The fourth-order valence-corrected chi connectivity index (χ4v) is 2.46. The van der Waals surface area contributed by atoms with E-state index in [2.05, 4.69) is 0 Å². The molecule has 0 heterocycles. The van der Waals surface area contributed by atoms with Crippen molar-refractivity contribution in [3.8, 4) is 5.75 Å². The first-order valence-electron chi connectivity index (χ1n) is 6.59. The molecule has 3 heteroatoms. The Kier molecular flexibility index (Phi) is 3.32. The molecule has 0 aliphatic heterocycles. The highest BCUT2D eigenvalue weighted by atomic mass is 16.5. The van der Waals surface area contributed by atoms with Gasteiger partial charge < -0.3 is 9.84 Å². The van der Waals surface area contributed by atoms with Crippen molar-refractivity contribution in [1.82, 2.24) is 0 Å². The first-order valence-corrected chi connectivity index (χ1v) is 6.59. The SMILES string of the molecule is COc1ccc(C=C2C=C(C(=O)O)c3ccccc32)cc1. The topological polar surface area (TPSA) is 46.5 Å². The zero-order valence-electron chi connectivity index (χ0n) is 11.5. The number of carbonyl (C=O) groups is 1. The summed E-state index contributed by atoms with van der Waals surface area (Å²) in [6.07, 6.45) is 3.70. The molecule has 0 amide bonds. The molecule has 0 aromatic heterocycles. The van der Waals surface area contributed by atoms with Gasteiger partial charge in [-0.15, -0.1) is 0 Å². The monoisotopic (exact) mass is 278 g/mol. The number of ether oxygens (including phenoxy) is 1. The average molecular weight is 278 g/mol. The first-order chi connectivity index (χ1) is 10.2. The fourth-order valence-electron chi connectivity index (χ4n) is 2.46. The summed E-state index contributed by atoms with van der Waals surface area (Å²) in [6.45, 7) is 0.